The second kappa shape index (κ2) is 12.5. The van der Waals surface area contributed by atoms with Crippen molar-refractivity contribution in [3.05, 3.63) is 82.9 Å². The van der Waals surface area contributed by atoms with Crippen LogP contribution in [0.25, 0.3) is 22.2 Å². The largest absolute Gasteiger partial charge is 0.495 e. The summed E-state index contributed by atoms with van der Waals surface area (Å²) in [7, 11) is -2.53. The number of carbonyl (C=O) groups excluding carboxylic acids is 2. The third-order valence-electron chi connectivity index (χ3n) is 6.81. The van der Waals surface area contributed by atoms with E-state index in [2.05, 4.69) is 5.32 Å². The molecule has 1 aliphatic heterocycles. The molecule has 4 aromatic rings. The highest BCUT2D eigenvalue weighted by molar-refractivity contribution is 7.89. The SMILES string of the molecule is COc1ccc(NC(=O)COC(=O)c2c(C)c(-c3cccc(Cl)c3)nc3ccccc23)cc1S(=O)(=O)N1CCOCC1. The van der Waals surface area contributed by atoms with E-state index < -0.39 is 28.5 Å². The van der Waals surface area contributed by atoms with Gasteiger partial charge in [0.05, 0.1) is 37.1 Å². The number of amides is 1. The molecule has 1 aliphatic rings. The molecule has 10 nitrogen and oxygen atoms in total. The number of benzene rings is 3. The molecule has 218 valence electrons. The summed E-state index contributed by atoms with van der Waals surface area (Å²) in [6.45, 7) is 2.16. The maximum Gasteiger partial charge on any atom is 0.339 e. The minimum atomic E-state index is -3.90. The Bertz CT molecular complexity index is 1770. The molecule has 1 aromatic heterocycles. The van der Waals surface area contributed by atoms with Crippen molar-refractivity contribution in [3.8, 4) is 17.0 Å². The maximum absolute atomic E-state index is 13.4. The van der Waals surface area contributed by atoms with E-state index in [0.29, 0.717) is 27.2 Å². The number of ether oxygens (including phenoxy) is 3. The topological polar surface area (TPSA) is 124 Å². The summed E-state index contributed by atoms with van der Waals surface area (Å²) in [6.07, 6.45) is 0. The lowest BCUT2D eigenvalue weighted by Crippen LogP contribution is -2.40. The first-order chi connectivity index (χ1) is 20.2. The molecule has 5 rings (SSSR count). The zero-order valence-electron chi connectivity index (χ0n) is 22.9. The van der Waals surface area contributed by atoms with Crippen molar-refractivity contribution >= 4 is 50.1 Å². The smallest absolute Gasteiger partial charge is 0.339 e. The van der Waals surface area contributed by atoms with Crippen molar-refractivity contribution < 1.29 is 32.2 Å². The number of hydrogen-bond donors (Lipinski definition) is 1. The van der Waals surface area contributed by atoms with Crippen LogP contribution in [0.15, 0.2) is 71.6 Å². The van der Waals surface area contributed by atoms with Crippen LogP contribution in [0.5, 0.6) is 5.75 Å². The van der Waals surface area contributed by atoms with Gasteiger partial charge in [0.15, 0.2) is 6.61 Å². The number of sulfonamides is 1. The normalized spacial score (nSPS) is 14.0. The van der Waals surface area contributed by atoms with Crippen molar-refractivity contribution in [1.82, 2.24) is 9.29 Å². The number of pyridine rings is 1. The van der Waals surface area contributed by atoms with Crippen LogP contribution in [-0.4, -0.2) is 69.6 Å². The van der Waals surface area contributed by atoms with Gasteiger partial charge in [-0.3, -0.25) is 4.79 Å². The summed E-state index contributed by atoms with van der Waals surface area (Å²) in [4.78, 5) is 30.8. The molecule has 3 aromatic carbocycles. The number of para-hydroxylation sites is 1. The molecule has 0 radical (unpaired) electrons. The van der Waals surface area contributed by atoms with E-state index in [4.69, 9.17) is 30.8 Å². The number of halogens is 1. The van der Waals surface area contributed by atoms with Crippen molar-refractivity contribution in [3.63, 3.8) is 0 Å². The van der Waals surface area contributed by atoms with Gasteiger partial charge in [-0.05, 0) is 48.9 Å². The lowest BCUT2D eigenvalue weighted by atomic mass is 9.98. The van der Waals surface area contributed by atoms with Crippen molar-refractivity contribution in [1.29, 1.82) is 0 Å². The Labute approximate surface area is 248 Å². The maximum atomic E-state index is 13.4. The summed E-state index contributed by atoms with van der Waals surface area (Å²) in [6, 6.07) is 18.6. The number of anilines is 1. The lowest BCUT2D eigenvalue weighted by Gasteiger charge is -2.26. The molecule has 1 fully saturated rings. The highest BCUT2D eigenvalue weighted by Crippen LogP contribution is 2.32. The van der Waals surface area contributed by atoms with E-state index in [9.17, 15) is 18.0 Å². The molecule has 1 amide bonds. The van der Waals surface area contributed by atoms with Gasteiger partial charge in [0.2, 0.25) is 10.0 Å². The predicted molar refractivity (Wildman–Crippen MR) is 158 cm³/mol. The number of carbonyl (C=O) groups is 2. The van der Waals surface area contributed by atoms with Gasteiger partial charge in [0.25, 0.3) is 5.91 Å². The van der Waals surface area contributed by atoms with Gasteiger partial charge >= 0.3 is 5.97 Å². The van der Waals surface area contributed by atoms with E-state index in [1.165, 1.54) is 29.6 Å². The Morgan fingerprint density at radius 3 is 2.55 bits per heavy atom. The molecule has 0 spiro atoms. The van der Waals surface area contributed by atoms with Gasteiger partial charge in [-0.15, -0.1) is 0 Å². The van der Waals surface area contributed by atoms with Gasteiger partial charge in [-0.1, -0.05) is 41.9 Å². The molecule has 1 N–H and O–H groups in total. The van der Waals surface area contributed by atoms with Gasteiger partial charge in [-0.2, -0.15) is 4.31 Å². The highest BCUT2D eigenvalue weighted by Gasteiger charge is 2.30. The first-order valence-corrected chi connectivity index (χ1v) is 14.9. The lowest BCUT2D eigenvalue weighted by molar-refractivity contribution is -0.119. The zero-order chi connectivity index (χ0) is 29.9. The minimum absolute atomic E-state index is 0.0888. The van der Waals surface area contributed by atoms with Gasteiger partial charge < -0.3 is 19.5 Å². The quantitative estimate of drug-likeness (QED) is 0.285. The summed E-state index contributed by atoms with van der Waals surface area (Å²) in [5.41, 5.74) is 2.96. The number of nitrogens with zero attached hydrogens (tertiary/aromatic N) is 2. The summed E-state index contributed by atoms with van der Waals surface area (Å²) >= 11 is 6.20. The molecular formula is C30H28ClN3O7S. The monoisotopic (exact) mass is 609 g/mol. The van der Waals surface area contributed by atoms with Crippen molar-refractivity contribution in [2.24, 2.45) is 0 Å². The Balaban J connectivity index is 1.36. The Morgan fingerprint density at radius 2 is 1.81 bits per heavy atom. The van der Waals surface area contributed by atoms with Crippen LogP contribution >= 0.6 is 11.6 Å². The number of rotatable bonds is 8. The third kappa shape index (κ3) is 6.09. The number of nitrogens with one attached hydrogen (secondary N) is 1. The first kappa shape index (κ1) is 29.5. The number of morpholine rings is 1. The van der Waals surface area contributed by atoms with Crippen LogP contribution < -0.4 is 10.1 Å². The fraction of sp³-hybridized carbons (Fsp3) is 0.233. The van der Waals surface area contributed by atoms with Crippen LogP contribution in [0.3, 0.4) is 0 Å². The molecule has 0 aliphatic carbocycles. The van der Waals surface area contributed by atoms with E-state index in [1.807, 2.05) is 12.1 Å². The van der Waals surface area contributed by atoms with Crippen molar-refractivity contribution in [2.75, 3.05) is 45.3 Å². The number of aromatic nitrogens is 1. The molecule has 0 unspecified atom stereocenters. The fourth-order valence-electron chi connectivity index (χ4n) is 4.77. The number of hydrogen-bond acceptors (Lipinski definition) is 8. The molecule has 42 heavy (non-hydrogen) atoms. The molecular weight excluding hydrogens is 582 g/mol. The van der Waals surface area contributed by atoms with Gasteiger partial charge in [-0.25, -0.2) is 18.2 Å². The Hall–Kier alpha value is -4.03. The second-order valence-electron chi connectivity index (χ2n) is 9.49. The molecule has 1 saturated heterocycles. The summed E-state index contributed by atoms with van der Waals surface area (Å²) < 4.78 is 43.8. The second-order valence-corrected chi connectivity index (χ2v) is 11.8. The standard InChI is InChI=1S/C30H28ClN3O7S/c1-19-28(23-8-3-4-9-24(23)33-29(19)20-6-5-7-21(31)16-20)30(36)41-18-27(35)32-22-10-11-25(39-2)26(17-22)42(37,38)34-12-14-40-15-13-34/h3-11,16-17H,12-15,18H2,1-2H3,(H,32,35). The third-order valence-corrected chi connectivity index (χ3v) is 8.96. The molecule has 0 atom stereocenters. The Morgan fingerprint density at radius 1 is 1.05 bits per heavy atom. The minimum Gasteiger partial charge on any atom is -0.495 e. The van der Waals surface area contributed by atoms with Gasteiger partial charge in [0.1, 0.15) is 10.6 Å². The predicted octanol–water partition coefficient (Wildman–Crippen LogP) is 4.69. The average Bonchev–Trinajstić information content (AvgIpc) is 3.00. The number of methoxy groups -OCH3 is 1. The fourth-order valence-corrected chi connectivity index (χ4v) is 6.55. The number of esters is 1. The molecule has 0 saturated carbocycles. The Kier molecular flexibility index (Phi) is 8.74. The van der Waals surface area contributed by atoms with Crippen molar-refractivity contribution in [2.45, 2.75) is 11.8 Å². The van der Waals surface area contributed by atoms with E-state index in [1.54, 1.807) is 43.3 Å². The molecule has 0 bridgehead atoms. The van der Waals surface area contributed by atoms with Gasteiger partial charge in [0, 0.05) is 34.7 Å². The average molecular weight is 610 g/mol. The first-order valence-electron chi connectivity index (χ1n) is 13.1. The van der Waals surface area contributed by atoms with Crippen LogP contribution in [0.1, 0.15) is 15.9 Å². The summed E-state index contributed by atoms with van der Waals surface area (Å²) in [5, 5.41) is 3.72. The summed E-state index contributed by atoms with van der Waals surface area (Å²) in [5.74, 6) is -1.20. The van der Waals surface area contributed by atoms with Crippen LogP contribution in [0.2, 0.25) is 5.02 Å². The van der Waals surface area contributed by atoms with Crippen LogP contribution in [0.4, 0.5) is 5.69 Å². The number of fused-ring (bicyclic) bond motifs is 1. The van der Waals surface area contributed by atoms with Crippen LogP contribution in [-0.2, 0) is 24.3 Å². The van der Waals surface area contributed by atoms with E-state index >= 15 is 0 Å². The van der Waals surface area contributed by atoms with E-state index in [0.717, 1.165) is 5.56 Å². The zero-order valence-corrected chi connectivity index (χ0v) is 24.5. The van der Waals surface area contributed by atoms with Crippen LogP contribution in [0, 0.1) is 6.92 Å². The van der Waals surface area contributed by atoms with E-state index in [-0.39, 0.29) is 48.2 Å². The molecule has 12 heteroatoms. The molecule has 2 heterocycles. The highest BCUT2D eigenvalue weighted by atomic mass is 35.5.